The van der Waals surface area contributed by atoms with Crippen molar-refractivity contribution in [2.45, 2.75) is 18.3 Å². The average Bonchev–Trinajstić information content (AvgIpc) is 2.77. The molecule has 0 aromatic heterocycles. The minimum absolute atomic E-state index is 0.103. The Hall–Kier alpha value is -2.98. The van der Waals surface area contributed by atoms with Gasteiger partial charge in [-0.25, -0.2) is 0 Å². The first-order valence-electron chi connectivity index (χ1n) is 10.5. The molecule has 4 nitrogen and oxygen atoms in total. The van der Waals surface area contributed by atoms with Crippen molar-refractivity contribution in [3.05, 3.63) is 89.5 Å². The van der Waals surface area contributed by atoms with Crippen molar-refractivity contribution in [3.63, 3.8) is 0 Å². The van der Waals surface area contributed by atoms with Crippen molar-refractivity contribution in [2.75, 3.05) is 33.9 Å². The van der Waals surface area contributed by atoms with E-state index in [9.17, 15) is 5.11 Å². The monoisotopic (exact) mass is 403 g/mol. The van der Waals surface area contributed by atoms with Crippen LogP contribution in [0.2, 0.25) is 0 Å². The largest absolute Gasteiger partial charge is 0.508 e. The molecule has 0 saturated heterocycles. The predicted octanol–water partition coefficient (Wildman–Crippen LogP) is 5.03. The highest BCUT2D eigenvalue weighted by molar-refractivity contribution is 5.51. The molecule has 0 fully saturated rings. The van der Waals surface area contributed by atoms with E-state index in [1.807, 2.05) is 30.3 Å². The second-order valence-corrected chi connectivity index (χ2v) is 8.10. The number of hydrogen-bond donors (Lipinski definition) is 1. The molecule has 156 valence electrons. The number of nitrogens with zero attached hydrogens (tertiary/aromatic N) is 1. The first-order chi connectivity index (χ1) is 14.6. The number of phenols is 1. The Bertz CT molecular complexity index is 954. The molecule has 0 unspecified atom stereocenters. The van der Waals surface area contributed by atoms with Gasteiger partial charge in [0.05, 0.1) is 13.2 Å². The zero-order valence-corrected chi connectivity index (χ0v) is 17.6. The van der Waals surface area contributed by atoms with Crippen molar-refractivity contribution in [1.29, 1.82) is 0 Å². The van der Waals surface area contributed by atoms with Crippen LogP contribution in [0.4, 0.5) is 0 Å². The Morgan fingerprint density at radius 3 is 2.47 bits per heavy atom. The quantitative estimate of drug-likeness (QED) is 0.562. The van der Waals surface area contributed by atoms with Gasteiger partial charge in [-0.2, -0.15) is 0 Å². The lowest BCUT2D eigenvalue weighted by Gasteiger charge is -2.34. The zero-order chi connectivity index (χ0) is 20.9. The molecule has 4 rings (SSSR count). The Balaban J connectivity index is 1.61. The van der Waals surface area contributed by atoms with E-state index in [0.29, 0.717) is 13.2 Å². The molecule has 0 spiro atoms. The number of phenolic OH excluding ortho intramolecular Hbond substituents is 1. The van der Waals surface area contributed by atoms with Crippen LogP contribution in [0.3, 0.4) is 0 Å². The van der Waals surface area contributed by atoms with E-state index in [0.717, 1.165) is 30.0 Å². The van der Waals surface area contributed by atoms with Crippen molar-refractivity contribution in [3.8, 4) is 17.2 Å². The number of rotatable bonds is 7. The van der Waals surface area contributed by atoms with Gasteiger partial charge in [-0.05, 0) is 62.0 Å². The summed E-state index contributed by atoms with van der Waals surface area (Å²) < 4.78 is 12.0. The lowest BCUT2D eigenvalue weighted by Crippen LogP contribution is -2.25. The summed E-state index contributed by atoms with van der Waals surface area (Å²) in [6.45, 7) is 2.33. The summed E-state index contributed by atoms with van der Waals surface area (Å²) in [6, 6.07) is 24.2. The van der Waals surface area contributed by atoms with Gasteiger partial charge in [0, 0.05) is 23.9 Å². The van der Waals surface area contributed by atoms with E-state index in [1.54, 1.807) is 6.07 Å². The third-order valence-corrected chi connectivity index (χ3v) is 5.63. The van der Waals surface area contributed by atoms with E-state index < -0.39 is 0 Å². The molecule has 0 radical (unpaired) electrons. The van der Waals surface area contributed by atoms with Crippen LogP contribution >= 0.6 is 0 Å². The minimum atomic E-state index is 0.103. The number of aromatic hydroxyl groups is 1. The Kier molecular flexibility index (Phi) is 6.24. The Labute approximate surface area is 178 Å². The van der Waals surface area contributed by atoms with Crippen molar-refractivity contribution in [2.24, 2.45) is 0 Å². The number of benzene rings is 3. The number of hydrogen-bond acceptors (Lipinski definition) is 4. The summed E-state index contributed by atoms with van der Waals surface area (Å²) in [5.74, 6) is 2.27. The van der Waals surface area contributed by atoms with Crippen molar-refractivity contribution >= 4 is 0 Å². The van der Waals surface area contributed by atoms with Gasteiger partial charge in [0.25, 0.3) is 0 Å². The fourth-order valence-electron chi connectivity index (χ4n) is 4.15. The molecule has 1 aliphatic rings. The topological polar surface area (TPSA) is 41.9 Å². The van der Waals surface area contributed by atoms with Gasteiger partial charge in [-0.15, -0.1) is 0 Å². The van der Waals surface area contributed by atoms with Crippen LogP contribution in [-0.2, 0) is 0 Å². The van der Waals surface area contributed by atoms with Gasteiger partial charge in [-0.1, -0.05) is 42.5 Å². The summed E-state index contributed by atoms with van der Waals surface area (Å²) in [6.07, 6.45) is 0.997. The molecule has 2 atom stereocenters. The molecule has 1 N–H and O–H groups in total. The van der Waals surface area contributed by atoms with Crippen molar-refractivity contribution < 1.29 is 14.6 Å². The molecule has 0 bridgehead atoms. The third-order valence-electron chi connectivity index (χ3n) is 5.63. The molecular weight excluding hydrogens is 374 g/mol. The maximum atomic E-state index is 10.1. The van der Waals surface area contributed by atoms with E-state index in [-0.39, 0.29) is 17.6 Å². The number of fused-ring (bicyclic) bond motifs is 1. The molecule has 0 saturated carbocycles. The summed E-state index contributed by atoms with van der Waals surface area (Å²) in [5, 5.41) is 10.1. The molecule has 0 amide bonds. The molecular formula is C26H29NO3. The summed E-state index contributed by atoms with van der Waals surface area (Å²) in [4.78, 5) is 2.16. The van der Waals surface area contributed by atoms with Crippen molar-refractivity contribution in [1.82, 2.24) is 4.90 Å². The molecule has 1 aliphatic heterocycles. The number of ether oxygens (including phenoxy) is 2. The summed E-state index contributed by atoms with van der Waals surface area (Å²) in [5.41, 5.74) is 3.45. The highest BCUT2D eigenvalue weighted by atomic mass is 16.5. The second-order valence-electron chi connectivity index (χ2n) is 8.10. The SMILES string of the molecule is CN(C)CCCOc1ccc([C@H]2c3cc(O)ccc3OC[C@@H]2c2ccccc2)cc1. The zero-order valence-electron chi connectivity index (χ0n) is 17.6. The molecule has 3 aromatic rings. The summed E-state index contributed by atoms with van der Waals surface area (Å²) >= 11 is 0. The summed E-state index contributed by atoms with van der Waals surface area (Å²) in [7, 11) is 4.14. The van der Waals surface area contributed by atoms with Gasteiger partial charge in [0.1, 0.15) is 17.2 Å². The lowest BCUT2D eigenvalue weighted by molar-refractivity contribution is 0.248. The molecule has 3 aromatic carbocycles. The van der Waals surface area contributed by atoms with Crippen LogP contribution in [0.5, 0.6) is 17.2 Å². The average molecular weight is 404 g/mol. The third kappa shape index (κ3) is 4.60. The van der Waals surface area contributed by atoms with Crippen LogP contribution in [0.1, 0.15) is 34.9 Å². The molecule has 30 heavy (non-hydrogen) atoms. The second kappa shape index (κ2) is 9.23. The molecule has 1 heterocycles. The van der Waals surface area contributed by atoms with E-state index >= 15 is 0 Å². The fourth-order valence-corrected chi connectivity index (χ4v) is 4.15. The maximum Gasteiger partial charge on any atom is 0.123 e. The van der Waals surface area contributed by atoms with Gasteiger partial charge >= 0.3 is 0 Å². The van der Waals surface area contributed by atoms with Crippen LogP contribution < -0.4 is 9.47 Å². The normalized spacial score (nSPS) is 18.0. The highest BCUT2D eigenvalue weighted by Crippen LogP contribution is 2.47. The van der Waals surface area contributed by atoms with E-state index in [4.69, 9.17) is 9.47 Å². The fraction of sp³-hybridized carbons (Fsp3) is 0.308. The standard InChI is InChI=1S/C26H29NO3/c1-27(2)15-6-16-29-22-12-9-20(10-13-22)26-23-17-21(28)11-14-25(23)30-18-24(26)19-7-4-3-5-8-19/h3-5,7-14,17,24,26,28H,6,15-16,18H2,1-2H3/t24-,26+/m1/s1. The van der Waals surface area contributed by atoms with Gasteiger partial charge in [0.15, 0.2) is 0 Å². The van der Waals surface area contributed by atoms with Crippen LogP contribution in [0.25, 0.3) is 0 Å². The maximum absolute atomic E-state index is 10.1. The highest BCUT2D eigenvalue weighted by Gasteiger charge is 2.33. The van der Waals surface area contributed by atoms with Gasteiger partial charge < -0.3 is 19.5 Å². The van der Waals surface area contributed by atoms with Gasteiger partial charge in [0.2, 0.25) is 0 Å². The van der Waals surface area contributed by atoms with E-state index in [2.05, 4.69) is 55.4 Å². The Morgan fingerprint density at radius 1 is 0.967 bits per heavy atom. The molecule has 4 heteroatoms. The Morgan fingerprint density at radius 2 is 1.73 bits per heavy atom. The lowest BCUT2D eigenvalue weighted by atomic mass is 9.76. The van der Waals surface area contributed by atoms with Crippen LogP contribution in [0, 0.1) is 0 Å². The van der Waals surface area contributed by atoms with Crippen LogP contribution in [-0.4, -0.2) is 43.9 Å². The molecule has 0 aliphatic carbocycles. The predicted molar refractivity (Wildman–Crippen MR) is 120 cm³/mol. The van der Waals surface area contributed by atoms with Gasteiger partial charge in [-0.3, -0.25) is 0 Å². The van der Waals surface area contributed by atoms with Crippen LogP contribution in [0.15, 0.2) is 72.8 Å². The smallest absolute Gasteiger partial charge is 0.123 e. The first-order valence-corrected chi connectivity index (χ1v) is 10.5. The first kappa shape index (κ1) is 20.3. The van der Waals surface area contributed by atoms with E-state index in [1.165, 1.54) is 11.1 Å². The minimum Gasteiger partial charge on any atom is -0.508 e.